The van der Waals surface area contributed by atoms with Gasteiger partial charge in [-0.2, -0.15) is 5.10 Å². The van der Waals surface area contributed by atoms with Gasteiger partial charge in [-0.1, -0.05) is 30.3 Å². The molecule has 1 aromatic heterocycles. The van der Waals surface area contributed by atoms with Crippen LogP contribution in [0.2, 0.25) is 0 Å². The Kier molecular flexibility index (Phi) is 4.25. The van der Waals surface area contributed by atoms with Crippen LogP contribution in [-0.2, 0) is 0 Å². The highest BCUT2D eigenvalue weighted by atomic mass is 32.1. The zero-order valence-corrected chi connectivity index (χ0v) is 13.3. The number of ether oxygens (including phenoxy) is 1. The fourth-order valence-electron chi connectivity index (χ4n) is 2.33. The summed E-state index contributed by atoms with van der Waals surface area (Å²) in [6, 6.07) is 15.6. The Hall–Kier alpha value is -2.86. The van der Waals surface area contributed by atoms with E-state index in [0.717, 1.165) is 27.9 Å². The monoisotopic (exact) mass is 325 g/mol. The number of methoxy groups -OCH3 is 1. The lowest BCUT2D eigenvalue weighted by molar-refractivity contribution is 0.414. The summed E-state index contributed by atoms with van der Waals surface area (Å²) in [5, 5.41) is 5.02. The van der Waals surface area contributed by atoms with Gasteiger partial charge in [0.2, 0.25) is 0 Å². The van der Waals surface area contributed by atoms with E-state index in [2.05, 4.69) is 10.5 Å². The molecule has 0 unspecified atom stereocenters. The molecule has 0 spiro atoms. The smallest absolute Gasteiger partial charge is 0.184 e. The van der Waals surface area contributed by atoms with Crippen molar-refractivity contribution in [3.05, 3.63) is 54.1 Å². The number of thiocarbonyl (C=S) groups is 1. The molecule has 0 radical (unpaired) electrons. The number of benzene rings is 2. The van der Waals surface area contributed by atoms with Crippen LogP contribution in [0.1, 0.15) is 5.56 Å². The van der Waals surface area contributed by atoms with Crippen LogP contribution in [0.3, 0.4) is 0 Å². The fourth-order valence-corrected chi connectivity index (χ4v) is 2.38. The molecule has 0 fully saturated rings. The lowest BCUT2D eigenvalue weighted by Crippen LogP contribution is -2.24. The predicted octanol–water partition coefficient (Wildman–Crippen LogP) is 3.28. The summed E-state index contributed by atoms with van der Waals surface area (Å²) in [4.78, 5) is 0. The number of fused-ring (bicyclic) bond motifs is 1. The maximum Gasteiger partial charge on any atom is 0.184 e. The lowest BCUT2D eigenvalue weighted by Gasteiger charge is -2.04. The minimum Gasteiger partial charge on any atom is -0.496 e. The number of hydrazone groups is 1. The highest BCUT2D eigenvalue weighted by molar-refractivity contribution is 7.80. The van der Waals surface area contributed by atoms with Gasteiger partial charge in [0.05, 0.1) is 13.3 Å². The quantitative estimate of drug-likeness (QED) is 0.437. The SMILES string of the molecule is COc1ccc2oc(-c3ccccc3)cc2c1C=NNC(N)=S. The first-order chi connectivity index (χ1) is 11.2. The van der Waals surface area contributed by atoms with Crippen LogP contribution in [0.25, 0.3) is 22.3 Å². The Balaban J connectivity index is 2.10. The summed E-state index contributed by atoms with van der Waals surface area (Å²) in [6.45, 7) is 0. The van der Waals surface area contributed by atoms with Gasteiger partial charge >= 0.3 is 0 Å². The van der Waals surface area contributed by atoms with Gasteiger partial charge in [0.1, 0.15) is 17.1 Å². The minimum absolute atomic E-state index is 0.101. The van der Waals surface area contributed by atoms with Crippen molar-refractivity contribution in [2.75, 3.05) is 7.11 Å². The molecule has 0 saturated carbocycles. The number of nitrogens with one attached hydrogen (secondary N) is 1. The Morgan fingerprint density at radius 1 is 1.26 bits per heavy atom. The maximum atomic E-state index is 5.93. The Labute approximate surface area is 138 Å². The molecule has 2 aromatic carbocycles. The van der Waals surface area contributed by atoms with E-state index in [1.54, 1.807) is 13.3 Å². The average molecular weight is 325 g/mol. The Bertz CT molecular complexity index is 872. The van der Waals surface area contributed by atoms with Crippen LogP contribution in [0.15, 0.2) is 58.0 Å². The van der Waals surface area contributed by atoms with E-state index in [4.69, 9.17) is 27.1 Å². The van der Waals surface area contributed by atoms with Crippen LogP contribution in [0.5, 0.6) is 5.75 Å². The molecule has 0 atom stereocenters. The molecule has 0 amide bonds. The van der Waals surface area contributed by atoms with Crippen molar-refractivity contribution >= 4 is 34.5 Å². The second kappa shape index (κ2) is 6.50. The van der Waals surface area contributed by atoms with E-state index >= 15 is 0 Å². The Morgan fingerprint density at radius 2 is 2.04 bits per heavy atom. The number of hydrogen-bond donors (Lipinski definition) is 2. The van der Waals surface area contributed by atoms with Crippen molar-refractivity contribution in [2.45, 2.75) is 0 Å². The van der Waals surface area contributed by atoms with E-state index < -0.39 is 0 Å². The van der Waals surface area contributed by atoms with Gasteiger partial charge in [-0.3, -0.25) is 5.43 Å². The highest BCUT2D eigenvalue weighted by Gasteiger charge is 2.12. The summed E-state index contributed by atoms with van der Waals surface area (Å²) in [6.07, 6.45) is 1.62. The van der Waals surface area contributed by atoms with Crippen LogP contribution in [0, 0.1) is 0 Å². The van der Waals surface area contributed by atoms with Gasteiger partial charge < -0.3 is 14.9 Å². The van der Waals surface area contributed by atoms with Gasteiger partial charge in [-0.25, -0.2) is 0 Å². The van der Waals surface area contributed by atoms with E-state index in [0.29, 0.717) is 5.75 Å². The zero-order valence-electron chi connectivity index (χ0n) is 12.4. The molecule has 3 N–H and O–H groups in total. The Morgan fingerprint density at radius 3 is 2.74 bits per heavy atom. The van der Waals surface area contributed by atoms with Crippen LogP contribution in [-0.4, -0.2) is 18.4 Å². The topological polar surface area (TPSA) is 72.8 Å². The first kappa shape index (κ1) is 15.1. The first-order valence-corrected chi connectivity index (χ1v) is 7.34. The number of nitrogens with two attached hydrogens (primary N) is 1. The molecular weight excluding hydrogens is 310 g/mol. The molecule has 0 aliphatic heterocycles. The van der Waals surface area contributed by atoms with Crippen LogP contribution < -0.4 is 15.9 Å². The second-order valence-corrected chi connectivity index (χ2v) is 5.24. The largest absolute Gasteiger partial charge is 0.496 e. The van der Waals surface area contributed by atoms with Crippen molar-refractivity contribution in [2.24, 2.45) is 10.8 Å². The number of rotatable bonds is 4. The molecule has 0 bridgehead atoms. The molecule has 0 aliphatic rings. The molecule has 5 nitrogen and oxygen atoms in total. The van der Waals surface area contributed by atoms with Crippen molar-refractivity contribution in [3.63, 3.8) is 0 Å². The van der Waals surface area contributed by atoms with Crippen LogP contribution >= 0.6 is 12.2 Å². The van der Waals surface area contributed by atoms with Crippen molar-refractivity contribution in [1.29, 1.82) is 0 Å². The first-order valence-electron chi connectivity index (χ1n) is 6.93. The van der Waals surface area contributed by atoms with Crippen molar-refractivity contribution in [1.82, 2.24) is 5.43 Å². The highest BCUT2D eigenvalue weighted by Crippen LogP contribution is 2.33. The number of furan rings is 1. The second-order valence-electron chi connectivity index (χ2n) is 4.80. The van der Waals surface area contributed by atoms with E-state index in [1.807, 2.05) is 48.5 Å². The summed E-state index contributed by atoms with van der Waals surface area (Å²) >= 11 is 4.74. The summed E-state index contributed by atoms with van der Waals surface area (Å²) in [7, 11) is 1.61. The summed E-state index contributed by atoms with van der Waals surface area (Å²) in [5.74, 6) is 1.47. The fraction of sp³-hybridized carbons (Fsp3) is 0.0588. The molecule has 0 aliphatic carbocycles. The third-order valence-electron chi connectivity index (χ3n) is 3.35. The number of hydrogen-bond acceptors (Lipinski definition) is 4. The lowest BCUT2D eigenvalue weighted by atomic mass is 10.1. The standard InChI is InChI=1S/C17H15N3O2S/c1-21-14-7-8-15-12(13(14)10-19-20-17(18)23)9-16(22-15)11-5-3-2-4-6-11/h2-10H,1H3,(H3,18,20,23). The molecule has 6 heteroatoms. The number of nitrogens with zero attached hydrogens (tertiary/aromatic N) is 1. The van der Waals surface area contributed by atoms with Crippen LogP contribution in [0.4, 0.5) is 0 Å². The van der Waals surface area contributed by atoms with E-state index in [1.165, 1.54) is 0 Å². The van der Waals surface area contributed by atoms with Gasteiger partial charge in [0.15, 0.2) is 5.11 Å². The third-order valence-corrected chi connectivity index (χ3v) is 3.44. The molecule has 0 saturated heterocycles. The minimum atomic E-state index is 0.101. The summed E-state index contributed by atoms with van der Waals surface area (Å²) < 4.78 is 11.3. The molecule has 116 valence electrons. The van der Waals surface area contributed by atoms with Crippen molar-refractivity contribution < 1.29 is 9.15 Å². The maximum absolute atomic E-state index is 5.93. The third kappa shape index (κ3) is 3.17. The van der Waals surface area contributed by atoms with E-state index in [-0.39, 0.29) is 5.11 Å². The van der Waals surface area contributed by atoms with Crippen molar-refractivity contribution in [3.8, 4) is 17.1 Å². The van der Waals surface area contributed by atoms with Gasteiger partial charge in [0, 0.05) is 16.5 Å². The van der Waals surface area contributed by atoms with Gasteiger partial charge in [-0.15, -0.1) is 0 Å². The normalized spacial score (nSPS) is 11.0. The van der Waals surface area contributed by atoms with Gasteiger partial charge in [-0.05, 0) is 30.4 Å². The molecule has 1 heterocycles. The molecule has 23 heavy (non-hydrogen) atoms. The summed E-state index contributed by atoms with van der Waals surface area (Å²) in [5.41, 5.74) is 10.5. The zero-order chi connectivity index (χ0) is 16.2. The van der Waals surface area contributed by atoms with E-state index in [9.17, 15) is 0 Å². The molecule has 3 rings (SSSR count). The molecular formula is C17H15N3O2S. The predicted molar refractivity (Wildman–Crippen MR) is 95.7 cm³/mol. The molecule has 3 aromatic rings. The average Bonchev–Trinajstić information content (AvgIpc) is 3.00. The van der Waals surface area contributed by atoms with Gasteiger partial charge in [0.25, 0.3) is 0 Å².